The van der Waals surface area contributed by atoms with Gasteiger partial charge in [0, 0.05) is 0 Å². The van der Waals surface area contributed by atoms with Gasteiger partial charge in [-0.15, -0.1) is 0 Å². The lowest BCUT2D eigenvalue weighted by atomic mass is 9.99. The lowest BCUT2D eigenvalue weighted by Gasteiger charge is -2.05. The maximum absolute atomic E-state index is 12.8. The Morgan fingerprint density at radius 3 is 2.43 bits per heavy atom. The average molecular weight is 191 g/mol. The van der Waals surface area contributed by atoms with E-state index in [0.29, 0.717) is 5.56 Å². The van der Waals surface area contributed by atoms with Crippen LogP contribution < -0.4 is 16.6 Å². The molecule has 70 valence electrons. The van der Waals surface area contributed by atoms with E-state index in [9.17, 15) is 14.0 Å². The molecule has 0 aliphatic carbocycles. The number of hydrogen-bond acceptors (Lipinski definition) is 3. The highest BCUT2D eigenvalue weighted by atomic mass is 19.1. The first-order valence-corrected chi connectivity index (χ1v) is 3.96. The lowest BCUT2D eigenvalue weighted by molar-refractivity contribution is 0.628. The average Bonchev–Trinajstić information content (AvgIpc) is 2.18. The van der Waals surface area contributed by atoms with Crippen molar-refractivity contribution >= 4 is 5.69 Å². The maximum atomic E-state index is 12.8. The summed E-state index contributed by atoms with van der Waals surface area (Å²) in [5.41, 5.74) is 4.38. The van der Waals surface area contributed by atoms with Crippen LogP contribution in [0.3, 0.4) is 0 Å². The van der Waals surface area contributed by atoms with E-state index < -0.39 is 16.7 Å². The van der Waals surface area contributed by atoms with Crippen LogP contribution in [0.1, 0.15) is 0 Å². The van der Waals surface area contributed by atoms with Crippen LogP contribution in [0.4, 0.5) is 10.1 Å². The van der Waals surface area contributed by atoms with Crippen LogP contribution in [0.5, 0.6) is 0 Å². The minimum Gasteiger partial charge on any atom is -0.395 e. The van der Waals surface area contributed by atoms with Crippen LogP contribution in [-0.2, 0) is 0 Å². The van der Waals surface area contributed by atoms with Crippen LogP contribution in [0, 0.1) is 5.82 Å². The maximum Gasteiger partial charge on any atom is 0.249 e. The van der Waals surface area contributed by atoms with Crippen molar-refractivity contribution in [3.05, 3.63) is 50.5 Å². The number of rotatable bonds is 1. The van der Waals surface area contributed by atoms with Crippen molar-refractivity contribution in [1.82, 2.24) is 0 Å². The molecule has 0 bridgehead atoms. The van der Waals surface area contributed by atoms with Gasteiger partial charge in [0.15, 0.2) is 0 Å². The standard InChI is InChI=1S/C10H6FNO2/c11-6-3-1-2-5(4-6)7-8(12)10(14)9(7)13/h1-4H,12H2. The normalized spacial score (nSPS) is 10.6. The van der Waals surface area contributed by atoms with Crippen LogP contribution in [0.2, 0.25) is 0 Å². The van der Waals surface area contributed by atoms with Crippen LogP contribution in [0.25, 0.3) is 11.1 Å². The third kappa shape index (κ3) is 1.04. The van der Waals surface area contributed by atoms with E-state index in [1.54, 1.807) is 0 Å². The van der Waals surface area contributed by atoms with Gasteiger partial charge in [-0.25, -0.2) is 4.39 Å². The molecule has 0 aliphatic heterocycles. The molecule has 0 aliphatic rings. The summed E-state index contributed by atoms with van der Waals surface area (Å²) < 4.78 is 12.8. The Hall–Kier alpha value is -1.97. The molecule has 2 aromatic carbocycles. The molecule has 0 saturated carbocycles. The summed E-state index contributed by atoms with van der Waals surface area (Å²) in [6, 6.07) is 5.42. The van der Waals surface area contributed by atoms with E-state index in [2.05, 4.69) is 0 Å². The summed E-state index contributed by atoms with van der Waals surface area (Å²) in [5, 5.41) is 0. The first-order valence-electron chi connectivity index (χ1n) is 3.96. The molecule has 0 atom stereocenters. The second kappa shape index (κ2) is 2.77. The largest absolute Gasteiger partial charge is 0.395 e. The van der Waals surface area contributed by atoms with E-state index in [1.807, 2.05) is 0 Å². The topological polar surface area (TPSA) is 60.2 Å². The van der Waals surface area contributed by atoms with E-state index >= 15 is 0 Å². The zero-order chi connectivity index (χ0) is 10.3. The smallest absolute Gasteiger partial charge is 0.249 e. The number of hydrogen-bond donors (Lipinski definition) is 1. The van der Waals surface area contributed by atoms with Gasteiger partial charge in [0.05, 0.1) is 11.3 Å². The second-order valence-corrected chi connectivity index (χ2v) is 2.96. The van der Waals surface area contributed by atoms with Gasteiger partial charge in [0.2, 0.25) is 10.9 Å². The Kier molecular flexibility index (Phi) is 1.70. The molecular formula is C10H6FNO2. The third-order valence-electron chi connectivity index (χ3n) is 2.06. The molecule has 0 radical (unpaired) electrons. The molecule has 0 amide bonds. The second-order valence-electron chi connectivity index (χ2n) is 2.96. The minimum atomic E-state index is -0.690. The quantitative estimate of drug-likeness (QED) is 0.674. The molecule has 0 spiro atoms. The lowest BCUT2D eigenvalue weighted by Crippen LogP contribution is -2.35. The van der Waals surface area contributed by atoms with E-state index in [-0.39, 0.29) is 11.3 Å². The summed E-state index contributed by atoms with van der Waals surface area (Å²) in [4.78, 5) is 21.9. The molecule has 2 rings (SSSR count). The molecule has 0 fully saturated rings. The van der Waals surface area contributed by atoms with Gasteiger partial charge in [-0.1, -0.05) is 12.1 Å². The van der Waals surface area contributed by atoms with Crippen LogP contribution >= 0.6 is 0 Å². The summed E-state index contributed by atoms with van der Waals surface area (Å²) in [7, 11) is 0. The van der Waals surface area contributed by atoms with Crippen molar-refractivity contribution < 1.29 is 4.39 Å². The van der Waals surface area contributed by atoms with E-state index in [1.165, 1.54) is 24.3 Å². The molecule has 2 aromatic rings. The third-order valence-corrected chi connectivity index (χ3v) is 2.06. The van der Waals surface area contributed by atoms with Gasteiger partial charge in [-0.2, -0.15) is 0 Å². The Labute approximate surface area is 78.3 Å². The zero-order valence-corrected chi connectivity index (χ0v) is 7.08. The predicted molar refractivity (Wildman–Crippen MR) is 51.2 cm³/mol. The molecular weight excluding hydrogens is 185 g/mol. The Morgan fingerprint density at radius 2 is 1.86 bits per heavy atom. The van der Waals surface area contributed by atoms with E-state index in [0.717, 1.165) is 0 Å². The highest BCUT2D eigenvalue weighted by molar-refractivity contribution is 5.79. The first-order chi connectivity index (χ1) is 6.61. The molecule has 14 heavy (non-hydrogen) atoms. The van der Waals surface area contributed by atoms with Crippen LogP contribution in [-0.4, -0.2) is 0 Å². The summed E-state index contributed by atoms with van der Waals surface area (Å²) >= 11 is 0. The van der Waals surface area contributed by atoms with Crippen molar-refractivity contribution in [2.24, 2.45) is 0 Å². The molecule has 2 N–H and O–H groups in total. The molecule has 4 heteroatoms. The monoisotopic (exact) mass is 191 g/mol. The van der Waals surface area contributed by atoms with Gasteiger partial charge < -0.3 is 5.73 Å². The first kappa shape index (κ1) is 8.62. The van der Waals surface area contributed by atoms with Gasteiger partial charge in [0.25, 0.3) is 0 Å². The van der Waals surface area contributed by atoms with Crippen molar-refractivity contribution in [2.75, 3.05) is 5.73 Å². The van der Waals surface area contributed by atoms with Gasteiger partial charge in [-0.05, 0) is 17.7 Å². The summed E-state index contributed by atoms with van der Waals surface area (Å²) in [6.45, 7) is 0. The van der Waals surface area contributed by atoms with Gasteiger partial charge in [-0.3, -0.25) is 9.59 Å². The van der Waals surface area contributed by atoms with Gasteiger partial charge in [0.1, 0.15) is 5.82 Å². The van der Waals surface area contributed by atoms with Gasteiger partial charge >= 0.3 is 0 Å². The minimum absolute atomic E-state index is 0.0828. The number of benzene rings is 1. The number of anilines is 1. The number of halogens is 1. The Bertz CT molecular complexity index is 567. The fourth-order valence-electron chi connectivity index (χ4n) is 1.34. The SMILES string of the molecule is Nc1c(-c2cccc(F)c2)c(=O)c1=O. The molecule has 0 unspecified atom stereocenters. The summed E-state index contributed by atoms with van der Waals surface area (Å²) in [5.74, 6) is -0.463. The molecule has 0 saturated heterocycles. The van der Waals surface area contributed by atoms with Crippen molar-refractivity contribution in [1.29, 1.82) is 0 Å². The number of nitrogens with two attached hydrogens (primary N) is 1. The highest BCUT2D eigenvalue weighted by Crippen LogP contribution is 2.21. The highest BCUT2D eigenvalue weighted by Gasteiger charge is 2.19. The fraction of sp³-hybridized carbons (Fsp3) is 0. The predicted octanol–water partition coefficient (Wildman–Crippen LogP) is 0.671. The Balaban J connectivity index is 2.63. The fourth-order valence-corrected chi connectivity index (χ4v) is 1.34. The van der Waals surface area contributed by atoms with Crippen molar-refractivity contribution in [3.8, 4) is 11.1 Å². The molecule has 3 nitrogen and oxygen atoms in total. The zero-order valence-electron chi connectivity index (χ0n) is 7.08. The van der Waals surface area contributed by atoms with Crippen LogP contribution in [0.15, 0.2) is 33.9 Å². The number of nitrogen functional groups attached to an aromatic ring is 1. The molecule has 0 aromatic heterocycles. The Morgan fingerprint density at radius 1 is 1.14 bits per heavy atom. The summed E-state index contributed by atoms with van der Waals surface area (Å²) in [6.07, 6.45) is 0. The van der Waals surface area contributed by atoms with Crippen molar-refractivity contribution in [3.63, 3.8) is 0 Å². The molecule has 0 heterocycles. The van der Waals surface area contributed by atoms with E-state index in [4.69, 9.17) is 5.73 Å². The van der Waals surface area contributed by atoms with Crippen molar-refractivity contribution in [2.45, 2.75) is 0 Å².